The second-order valence-corrected chi connectivity index (χ2v) is 6.31. The van der Waals surface area contributed by atoms with E-state index in [0.29, 0.717) is 12.8 Å². The van der Waals surface area contributed by atoms with Gasteiger partial charge in [0.2, 0.25) is 5.91 Å². The van der Waals surface area contributed by atoms with E-state index in [1.165, 1.54) is 0 Å². The third kappa shape index (κ3) is 5.10. The number of amides is 1. The standard InChI is InChI=1S/C19H22BrNO2/c1-3-17(14-8-11-16(20)12-9-14)21-19(22)13-10-15-6-4-5-7-18(15)23-2/h4-9,11-12,17H,3,10,13H2,1-2H3,(H,21,22). The molecule has 0 spiro atoms. The first-order valence-corrected chi connectivity index (χ1v) is 8.60. The van der Waals surface area contributed by atoms with Gasteiger partial charge in [0.1, 0.15) is 5.75 Å². The molecular weight excluding hydrogens is 354 g/mol. The molecule has 0 aliphatic rings. The Kier molecular flexibility index (Phi) is 6.66. The van der Waals surface area contributed by atoms with E-state index in [1.807, 2.05) is 48.5 Å². The molecule has 3 nitrogen and oxygen atoms in total. The van der Waals surface area contributed by atoms with Crippen LogP contribution in [-0.2, 0) is 11.2 Å². The van der Waals surface area contributed by atoms with Crippen LogP contribution in [0.3, 0.4) is 0 Å². The van der Waals surface area contributed by atoms with Gasteiger partial charge in [-0.3, -0.25) is 4.79 Å². The fraction of sp³-hybridized carbons (Fsp3) is 0.316. The first-order valence-electron chi connectivity index (χ1n) is 7.80. The first kappa shape index (κ1) is 17.5. The Morgan fingerprint density at radius 3 is 2.52 bits per heavy atom. The zero-order valence-electron chi connectivity index (χ0n) is 13.5. The Labute approximate surface area is 146 Å². The van der Waals surface area contributed by atoms with Gasteiger partial charge in [0.25, 0.3) is 0 Å². The highest BCUT2D eigenvalue weighted by Crippen LogP contribution is 2.21. The molecular formula is C19H22BrNO2. The van der Waals surface area contributed by atoms with Crippen molar-refractivity contribution >= 4 is 21.8 Å². The van der Waals surface area contributed by atoms with Gasteiger partial charge < -0.3 is 10.1 Å². The van der Waals surface area contributed by atoms with Gasteiger partial charge in [-0.2, -0.15) is 0 Å². The van der Waals surface area contributed by atoms with Gasteiger partial charge >= 0.3 is 0 Å². The molecule has 0 aliphatic heterocycles. The zero-order valence-corrected chi connectivity index (χ0v) is 15.1. The van der Waals surface area contributed by atoms with Crippen molar-refractivity contribution < 1.29 is 9.53 Å². The Hall–Kier alpha value is -1.81. The van der Waals surface area contributed by atoms with Crippen molar-refractivity contribution in [1.29, 1.82) is 0 Å². The Morgan fingerprint density at radius 1 is 1.17 bits per heavy atom. The molecule has 0 aromatic heterocycles. The summed E-state index contributed by atoms with van der Waals surface area (Å²) in [6, 6.07) is 15.9. The number of methoxy groups -OCH3 is 1. The monoisotopic (exact) mass is 375 g/mol. The van der Waals surface area contributed by atoms with E-state index in [-0.39, 0.29) is 11.9 Å². The normalized spacial score (nSPS) is 11.8. The molecule has 1 unspecified atom stereocenters. The highest BCUT2D eigenvalue weighted by molar-refractivity contribution is 9.10. The van der Waals surface area contributed by atoms with Gasteiger partial charge in [0.05, 0.1) is 13.2 Å². The van der Waals surface area contributed by atoms with Crippen molar-refractivity contribution in [3.8, 4) is 5.75 Å². The molecule has 0 fully saturated rings. The molecule has 23 heavy (non-hydrogen) atoms. The average Bonchev–Trinajstić information content (AvgIpc) is 2.59. The number of nitrogens with one attached hydrogen (secondary N) is 1. The number of carbonyl (C=O) groups is 1. The molecule has 2 aromatic carbocycles. The van der Waals surface area contributed by atoms with Gasteiger partial charge in [-0.25, -0.2) is 0 Å². The van der Waals surface area contributed by atoms with E-state index < -0.39 is 0 Å². The van der Waals surface area contributed by atoms with Crippen molar-refractivity contribution in [2.45, 2.75) is 32.2 Å². The summed E-state index contributed by atoms with van der Waals surface area (Å²) >= 11 is 3.43. The number of halogens is 1. The summed E-state index contributed by atoms with van der Waals surface area (Å²) < 4.78 is 6.36. The van der Waals surface area contributed by atoms with Crippen molar-refractivity contribution in [1.82, 2.24) is 5.32 Å². The zero-order chi connectivity index (χ0) is 16.7. The predicted molar refractivity (Wildman–Crippen MR) is 96.6 cm³/mol. The first-order chi connectivity index (χ1) is 11.1. The topological polar surface area (TPSA) is 38.3 Å². The molecule has 1 atom stereocenters. The van der Waals surface area contributed by atoms with Gasteiger partial charge in [0, 0.05) is 10.9 Å². The minimum absolute atomic E-state index is 0.0493. The smallest absolute Gasteiger partial charge is 0.220 e. The second kappa shape index (κ2) is 8.73. The number of rotatable bonds is 7. The lowest BCUT2D eigenvalue weighted by Crippen LogP contribution is -2.28. The summed E-state index contributed by atoms with van der Waals surface area (Å²) in [6.07, 6.45) is 1.99. The quantitative estimate of drug-likeness (QED) is 0.764. The van der Waals surface area contributed by atoms with E-state index >= 15 is 0 Å². The Balaban J connectivity index is 1.94. The van der Waals surface area contributed by atoms with Gasteiger partial charge in [-0.05, 0) is 42.2 Å². The summed E-state index contributed by atoms with van der Waals surface area (Å²) in [5.74, 6) is 0.894. The lowest BCUT2D eigenvalue weighted by molar-refractivity contribution is -0.121. The Morgan fingerprint density at radius 2 is 1.87 bits per heavy atom. The van der Waals surface area contributed by atoms with Gasteiger partial charge in [0.15, 0.2) is 0 Å². The van der Waals surface area contributed by atoms with Crippen LogP contribution in [0.25, 0.3) is 0 Å². The summed E-state index contributed by atoms with van der Waals surface area (Å²) in [4.78, 5) is 12.3. The van der Waals surface area contributed by atoms with Crippen LogP contribution in [-0.4, -0.2) is 13.0 Å². The van der Waals surface area contributed by atoms with Crippen molar-refractivity contribution in [3.63, 3.8) is 0 Å². The maximum atomic E-state index is 12.3. The number of hydrogen-bond acceptors (Lipinski definition) is 2. The molecule has 0 saturated carbocycles. The van der Waals surface area contributed by atoms with Crippen LogP contribution in [0.4, 0.5) is 0 Å². The third-order valence-corrected chi connectivity index (χ3v) is 4.36. The lowest BCUT2D eigenvalue weighted by Gasteiger charge is -2.18. The lowest BCUT2D eigenvalue weighted by atomic mass is 10.0. The molecule has 1 amide bonds. The van der Waals surface area contributed by atoms with Crippen LogP contribution in [0.15, 0.2) is 53.0 Å². The molecule has 0 bridgehead atoms. The van der Waals surface area contributed by atoms with Crippen LogP contribution in [0.5, 0.6) is 5.75 Å². The minimum Gasteiger partial charge on any atom is -0.496 e. The fourth-order valence-corrected chi connectivity index (χ4v) is 2.80. The van der Waals surface area contributed by atoms with E-state index in [9.17, 15) is 4.79 Å². The largest absolute Gasteiger partial charge is 0.496 e. The van der Waals surface area contributed by atoms with Gasteiger partial charge in [-0.15, -0.1) is 0 Å². The predicted octanol–water partition coefficient (Wildman–Crippen LogP) is 4.66. The number of para-hydroxylation sites is 1. The number of ether oxygens (including phenoxy) is 1. The van der Waals surface area contributed by atoms with Gasteiger partial charge in [-0.1, -0.05) is 53.2 Å². The average molecular weight is 376 g/mol. The molecule has 2 rings (SSSR count). The molecule has 1 N–H and O–H groups in total. The number of benzene rings is 2. The van der Waals surface area contributed by atoms with E-state index in [0.717, 1.165) is 27.8 Å². The summed E-state index contributed by atoms with van der Waals surface area (Å²) in [6.45, 7) is 2.08. The third-order valence-electron chi connectivity index (χ3n) is 3.83. The molecule has 0 aliphatic carbocycles. The highest BCUT2D eigenvalue weighted by Gasteiger charge is 2.13. The maximum absolute atomic E-state index is 12.3. The number of hydrogen-bond donors (Lipinski definition) is 1. The molecule has 122 valence electrons. The van der Waals surface area contributed by atoms with E-state index in [1.54, 1.807) is 7.11 Å². The van der Waals surface area contributed by atoms with Crippen molar-refractivity contribution in [2.24, 2.45) is 0 Å². The maximum Gasteiger partial charge on any atom is 0.220 e. The van der Waals surface area contributed by atoms with Crippen molar-refractivity contribution in [2.75, 3.05) is 7.11 Å². The van der Waals surface area contributed by atoms with Crippen LogP contribution in [0.1, 0.15) is 36.9 Å². The SMILES string of the molecule is CCC(NC(=O)CCc1ccccc1OC)c1ccc(Br)cc1. The molecule has 0 radical (unpaired) electrons. The minimum atomic E-state index is 0.0493. The number of carbonyl (C=O) groups excluding carboxylic acids is 1. The van der Waals surface area contributed by atoms with Crippen LogP contribution in [0, 0.1) is 0 Å². The fourth-order valence-electron chi connectivity index (χ4n) is 2.54. The van der Waals surface area contributed by atoms with E-state index in [4.69, 9.17) is 4.74 Å². The summed E-state index contributed by atoms with van der Waals surface area (Å²) in [5, 5.41) is 3.12. The Bertz CT molecular complexity index is 640. The highest BCUT2D eigenvalue weighted by atomic mass is 79.9. The molecule has 0 heterocycles. The molecule has 4 heteroatoms. The van der Waals surface area contributed by atoms with Crippen LogP contribution < -0.4 is 10.1 Å². The van der Waals surface area contributed by atoms with Crippen LogP contribution >= 0.6 is 15.9 Å². The summed E-state index contributed by atoms with van der Waals surface area (Å²) in [5.41, 5.74) is 2.18. The molecule has 0 saturated heterocycles. The van der Waals surface area contributed by atoms with E-state index in [2.05, 4.69) is 28.2 Å². The summed E-state index contributed by atoms with van der Waals surface area (Å²) in [7, 11) is 1.65. The second-order valence-electron chi connectivity index (χ2n) is 5.39. The van der Waals surface area contributed by atoms with Crippen molar-refractivity contribution in [3.05, 3.63) is 64.1 Å². The number of aryl methyl sites for hydroxylation is 1. The molecule has 2 aromatic rings. The van der Waals surface area contributed by atoms with Crippen LogP contribution in [0.2, 0.25) is 0 Å².